The zero-order valence-corrected chi connectivity index (χ0v) is 13.0. The zero-order valence-electron chi connectivity index (χ0n) is 10.7. The van der Waals surface area contributed by atoms with E-state index in [4.69, 9.17) is 27.9 Å². The van der Waals surface area contributed by atoms with E-state index in [9.17, 15) is 4.79 Å². The molecule has 0 radical (unpaired) electrons. The first kappa shape index (κ1) is 14.3. The van der Waals surface area contributed by atoms with E-state index in [1.165, 1.54) is 11.3 Å². The van der Waals surface area contributed by atoms with Crippen molar-refractivity contribution < 1.29 is 9.53 Å². The number of halogens is 2. The van der Waals surface area contributed by atoms with E-state index >= 15 is 0 Å². The molecule has 106 valence electrons. The highest BCUT2D eigenvalue weighted by Crippen LogP contribution is 2.25. The fourth-order valence-corrected chi connectivity index (χ4v) is 3.10. The van der Waals surface area contributed by atoms with Crippen molar-refractivity contribution in [1.82, 2.24) is 4.98 Å². The molecule has 0 fully saturated rings. The maximum atomic E-state index is 12.1. The van der Waals surface area contributed by atoms with Gasteiger partial charge in [0.25, 0.3) is 0 Å². The molecule has 21 heavy (non-hydrogen) atoms. The molecular formula is C15H9Cl2NO2S. The van der Waals surface area contributed by atoms with Crippen molar-refractivity contribution in [2.75, 3.05) is 0 Å². The summed E-state index contributed by atoms with van der Waals surface area (Å²) in [5.74, 6) is -0.415. The summed E-state index contributed by atoms with van der Waals surface area (Å²) in [5.41, 5.74) is 3.69. The van der Waals surface area contributed by atoms with Crippen LogP contribution in [0.5, 0.6) is 0 Å². The number of aromatic nitrogens is 1. The molecule has 2 aromatic carbocycles. The van der Waals surface area contributed by atoms with Crippen LogP contribution in [0.1, 0.15) is 15.9 Å². The van der Waals surface area contributed by atoms with Crippen molar-refractivity contribution >= 4 is 50.7 Å². The molecule has 3 rings (SSSR count). The number of thiazole rings is 1. The largest absolute Gasteiger partial charge is 0.457 e. The lowest BCUT2D eigenvalue weighted by atomic mass is 10.2. The van der Waals surface area contributed by atoms with Crippen molar-refractivity contribution in [1.29, 1.82) is 0 Å². The molecule has 0 spiro atoms. The summed E-state index contributed by atoms with van der Waals surface area (Å²) in [6.07, 6.45) is 0. The number of fused-ring (bicyclic) bond motifs is 1. The molecule has 0 aliphatic heterocycles. The number of benzene rings is 2. The average molecular weight is 338 g/mol. The second-order valence-electron chi connectivity index (χ2n) is 4.31. The van der Waals surface area contributed by atoms with Crippen molar-refractivity contribution in [2.24, 2.45) is 0 Å². The van der Waals surface area contributed by atoms with Gasteiger partial charge in [0.15, 0.2) is 0 Å². The number of nitrogens with zero attached hydrogens (tertiary/aromatic N) is 1. The van der Waals surface area contributed by atoms with Crippen LogP contribution in [0.25, 0.3) is 10.2 Å². The Bertz CT molecular complexity index is 796. The quantitative estimate of drug-likeness (QED) is 0.634. The molecule has 1 aromatic heterocycles. The number of carbonyl (C=O) groups is 1. The van der Waals surface area contributed by atoms with Gasteiger partial charge in [-0.2, -0.15) is 0 Å². The van der Waals surface area contributed by atoms with Crippen molar-refractivity contribution in [3.05, 3.63) is 63.1 Å². The van der Waals surface area contributed by atoms with Crippen LogP contribution in [0, 0.1) is 0 Å². The van der Waals surface area contributed by atoms with Crippen LogP contribution in [0.2, 0.25) is 10.0 Å². The first-order valence-electron chi connectivity index (χ1n) is 6.08. The van der Waals surface area contributed by atoms with Crippen LogP contribution < -0.4 is 0 Å². The average Bonchev–Trinajstić information content (AvgIpc) is 2.93. The first-order chi connectivity index (χ1) is 10.1. The standard InChI is InChI=1S/C15H9Cl2NO2S/c16-11-2-1-3-12(17)10(11)7-20-15(19)9-4-5-13-14(6-9)21-8-18-13/h1-6,8H,7H2. The highest BCUT2D eigenvalue weighted by molar-refractivity contribution is 7.16. The predicted octanol–water partition coefficient (Wildman–Crippen LogP) is 4.96. The normalized spacial score (nSPS) is 10.8. The van der Waals surface area contributed by atoms with Gasteiger partial charge in [0.1, 0.15) is 6.61 Å². The molecule has 0 aliphatic rings. The fraction of sp³-hybridized carbons (Fsp3) is 0.0667. The minimum atomic E-state index is -0.415. The number of hydrogen-bond donors (Lipinski definition) is 0. The van der Waals surface area contributed by atoms with Crippen LogP contribution in [0.3, 0.4) is 0 Å². The van der Waals surface area contributed by atoms with Gasteiger partial charge in [-0.05, 0) is 30.3 Å². The van der Waals surface area contributed by atoms with Gasteiger partial charge in [0, 0.05) is 15.6 Å². The lowest BCUT2D eigenvalue weighted by molar-refractivity contribution is 0.0473. The van der Waals surface area contributed by atoms with E-state index in [0.717, 1.165) is 10.2 Å². The third-order valence-corrected chi connectivity index (χ3v) is 4.48. The van der Waals surface area contributed by atoms with Gasteiger partial charge in [0.05, 0.1) is 21.3 Å². The van der Waals surface area contributed by atoms with Crippen LogP contribution >= 0.6 is 34.5 Å². The second kappa shape index (κ2) is 6.02. The molecule has 0 N–H and O–H groups in total. The second-order valence-corrected chi connectivity index (χ2v) is 6.01. The molecule has 0 unspecified atom stereocenters. The Balaban J connectivity index is 1.77. The lowest BCUT2D eigenvalue weighted by Gasteiger charge is -2.08. The van der Waals surface area contributed by atoms with Crippen LogP contribution in [0.4, 0.5) is 0 Å². The fourth-order valence-electron chi connectivity index (χ4n) is 1.87. The van der Waals surface area contributed by atoms with Gasteiger partial charge in [-0.1, -0.05) is 29.3 Å². The van der Waals surface area contributed by atoms with Crippen LogP contribution in [0.15, 0.2) is 41.9 Å². The Morgan fingerprint density at radius 1 is 1.19 bits per heavy atom. The van der Waals surface area contributed by atoms with Gasteiger partial charge in [-0.3, -0.25) is 0 Å². The van der Waals surface area contributed by atoms with Crippen LogP contribution in [-0.2, 0) is 11.3 Å². The predicted molar refractivity (Wildman–Crippen MR) is 85.2 cm³/mol. The van der Waals surface area contributed by atoms with Crippen molar-refractivity contribution in [3.8, 4) is 0 Å². The number of ether oxygens (including phenoxy) is 1. The van der Waals surface area contributed by atoms with E-state index in [1.54, 1.807) is 41.9 Å². The number of esters is 1. The van der Waals surface area contributed by atoms with Gasteiger partial charge in [0.2, 0.25) is 0 Å². The molecule has 3 nitrogen and oxygen atoms in total. The minimum Gasteiger partial charge on any atom is -0.457 e. The number of carbonyl (C=O) groups excluding carboxylic acids is 1. The SMILES string of the molecule is O=C(OCc1c(Cl)cccc1Cl)c1ccc2ncsc2c1. The molecule has 0 saturated carbocycles. The number of hydrogen-bond acceptors (Lipinski definition) is 4. The third-order valence-electron chi connectivity index (χ3n) is 2.98. The molecule has 6 heteroatoms. The van der Waals surface area contributed by atoms with Gasteiger partial charge >= 0.3 is 5.97 Å². The molecule has 0 aliphatic carbocycles. The van der Waals surface area contributed by atoms with E-state index in [0.29, 0.717) is 21.2 Å². The Labute approximate surface area is 135 Å². The lowest BCUT2D eigenvalue weighted by Crippen LogP contribution is -2.05. The maximum Gasteiger partial charge on any atom is 0.338 e. The van der Waals surface area contributed by atoms with E-state index < -0.39 is 5.97 Å². The molecule has 3 aromatic rings. The monoisotopic (exact) mass is 337 g/mol. The molecule has 0 saturated heterocycles. The van der Waals surface area contributed by atoms with E-state index in [-0.39, 0.29) is 6.61 Å². The van der Waals surface area contributed by atoms with E-state index in [1.807, 2.05) is 0 Å². The van der Waals surface area contributed by atoms with Gasteiger partial charge in [-0.15, -0.1) is 11.3 Å². The first-order valence-corrected chi connectivity index (χ1v) is 7.72. The van der Waals surface area contributed by atoms with Crippen LogP contribution in [-0.4, -0.2) is 11.0 Å². The summed E-state index contributed by atoms with van der Waals surface area (Å²) in [7, 11) is 0. The Morgan fingerprint density at radius 2 is 1.95 bits per heavy atom. The summed E-state index contributed by atoms with van der Waals surface area (Å²) in [5, 5.41) is 0.960. The highest BCUT2D eigenvalue weighted by Gasteiger charge is 2.12. The molecule has 0 atom stereocenters. The van der Waals surface area contributed by atoms with Crippen molar-refractivity contribution in [2.45, 2.75) is 6.61 Å². The Morgan fingerprint density at radius 3 is 2.71 bits per heavy atom. The number of rotatable bonds is 3. The summed E-state index contributed by atoms with van der Waals surface area (Å²) in [6.45, 7) is 0.0397. The summed E-state index contributed by atoms with van der Waals surface area (Å²) >= 11 is 13.6. The minimum absolute atomic E-state index is 0.0397. The van der Waals surface area contributed by atoms with Crippen molar-refractivity contribution in [3.63, 3.8) is 0 Å². The smallest absolute Gasteiger partial charge is 0.338 e. The van der Waals surface area contributed by atoms with E-state index in [2.05, 4.69) is 4.98 Å². The van der Waals surface area contributed by atoms with Gasteiger partial charge in [-0.25, -0.2) is 9.78 Å². The molecular weight excluding hydrogens is 329 g/mol. The summed E-state index contributed by atoms with van der Waals surface area (Å²) < 4.78 is 6.22. The summed E-state index contributed by atoms with van der Waals surface area (Å²) in [4.78, 5) is 16.2. The Kier molecular flexibility index (Phi) is 4.10. The topological polar surface area (TPSA) is 39.2 Å². The van der Waals surface area contributed by atoms with Gasteiger partial charge < -0.3 is 4.74 Å². The summed E-state index contributed by atoms with van der Waals surface area (Å²) in [6, 6.07) is 10.4. The molecule has 0 bridgehead atoms. The molecule has 0 amide bonds. The molecule has 1 heterocycles. The highest BCUT2D eigenvalue weighted by atomic mass is 35.5. The maximum absolute atomic E-state index is 12.1. The third kappa shape index (κ3) is 3.02. The Hall–Kier alpha value is -1.62. The zero-order chi connectivity index (χ0) is 14.8.